The average molecular weight is 438 g/mol. The number of imide groups is 1. The zero-order valence-electron chi connectivity index (χ0n) is 18.4. The summed E-state index contributed by atoms with van der Waals surface area (Å²) in [7, 11) is 3.19. The van der Waals surface area contributed by atoms with Crippen LogP contribution in [0.5, 0.6) is 0 Å². The van der Waals surface area contributed by atoms with Gasteiger partial charge in [0.2, 0.25) is 0 Å². The Morgan fingerprint density at radius 3 is 2.41 bits per heavy atom. The third-order valence-electron chi connectivity index (χ3n) is 5.52. The molecule has 0 aliphatic carbocycles. The number of fused-ring (bicyclic) bond motifs is 1. The van der Waals surface area contributed by atoms with Gasteiger partial charge in [0, 0.05) is 27.3 Å². The fourth-order valence-corrected chi connectivity index (χ4v) is 3.47. The number of carbonyl (C=O) groups is 4. The summed E-state index contributed by atoms with van der Waals surface area (Å²) in [6.07, 6.45) is 0.522. The van der Waals surface area contributed by atoms with Crippen molar-refractivity contribution in [1.82, 2.24) is 9.80 Å². The highest BCUT2D eigenvalue weighted by Crippen LogP contribution is 2.25. The van der Waals surface area contributed by atoms with Gasteiger partial charge in [-0.1, -0.05) is 30.3 Å². The van der Waals surface area contributed by atoms with E-state index >= 15 is 0 Å². The fraction of sp³-hybridized carbons (Fsp3) is 0.333. The predicted molar refractivity (Wildman–Crippen MR) is 116 cm³/mol. The largest absolute Gasteiger partial charge is 0.452 e. The number of hydrogen-bond acceptors (Lipinski definition) is 6. The molecule has 1 heterocycles. The number of nitrogens with zero attached hydrogens (tertiary/aromatic N) is 2. The second-order valence-electron chi connectivity index (χ2n) is 7.54. The lowest BCUT2D eigenvalue weighted by molar-refractivity contribution is -0.135. The van der Waals surface area contributed by atoms with E-state index in [0.29, 0.717) is 13.0 Å². The summed E-state index contributed by atoms with van der Waals surface area (Å²) in [4.78, 5) is 52.6. The molecule has 2 aromatic carbocycles. The molecule has 8 nitrogen and oxygen atoms in total. The van der Waals surface area contributed by atoms with E-state index in [-0.39, 0.29) is 35.2 Å². The number of rotatable bonds is 9. The van der Waals surface area contributed by atoms with Gasteiger partial charge in [-0.25, -0.2) is 4.79 Å². The normalized spacial score (nSPS) is 13.7. The minimum Gasteiger partial charge on any atom is -0.452 e. The molecule has 0 saturated carbocycles. The molecule has 0 saturated heterocycles. The van der Waals surface area contributed by atoms with Crippen molar-refractivity contribution in [3.8, 4) is 0 Å². The highest BCUT2D eigenvalue weighted by Gasteiger charge is 2.35. The highest BCUT2D eigenvalue weighted by molar-refractivity contribution is 6.22. The van der Waals surface area contributed by atoms with Crippen LogP contribution in [-0.2, 0) is 14.3 Å². The van der Waals surface area contributed by atoms with Gasteiger partial charge in [-0.3, -0.25) is 19.3 Å². The first-order chi connectivity index (χ1) is 15.3. The van der Waals surface area contributed by atoms with Crippen molar-refractivity contribution in [2.24, 2.45) is 0 Å². The molecule has 32 heavy (non-hydrogen) atoms. The molecule has 3 rings (SSSR count). The van der Waals surface area contributed by atoms with Crippen LogP contribution in [0, 0.1) is 0 Å². The third kappa shape index (κ3) is 4.86. The molecule has 0 fully saturated rings. The van der Waals surface area contributed by atoms with Crippen LogP contribution in [0.25, 0.3) is 0 Å². The first-order valence-corrected chi connectivity index (χ1v) is 10.3. The molecule has 0 bridgehead atoms. The Labute approximate surface area is 186 Å². The molecule has 3 amide bonds. The number of hydrogen-bond donors (Lipinski definition) is 0. The smallest absolute Gasteiger partial charge is 0.338 e. The Balaban J connectivity index is 1.62. The van der Waals surface area contributed by atoms with Crippen molar-refractivity contribution >= 4 is 23.7 Å². The fourth-order valence-electron chi connectivity index (χ4n) is 3.47. The zero-order chi connectivity index (χ0) is 23.3. The Hall–Kier alpha value is -3.52. The van der Waals surface area contributed by atoms with Crippen LogP contribution in [0.2, 0.25) is 0 Å². The molecule has 0 N–H and O–H groups in total. The number of amides is 3. The molecule has 8 heteroatoms. The Bertz CT molecular complexity index is 1020. The van der Waals surface area contributed by atoms with Gasteiger partial charge in [-0.2, -0.15) is 0 Å². The molecular formula is C24H26N2O6. The van der Waals surface area contributed by atoms with E-state index in [2.05, 4.69) is 0 Å². The number of carbonyl (C=O) groups excluding carboxylic acids is 4. The van der Waals surface area contributed by atoms with Gasteiger partial charge in [-0.05, 0) is 37.1 Å². The minimum atomic E-state index is -0.736. The third-order valence-corrected chi connectivity index (χ3v) is 5.52. The summed E-state index contributed by atoms with van der Waals surface area (Å²) in [5, 5.41) is 0. The maximum Gasteiger partial charge on any atom is 0.338 e. The van der Waals surface area contributed by atoms with Crippen LogP contribution in [-0.4, -0.2) is 67.4 Å². The van der Waals surface area contributed by atoms with E-state index in [4.69, 9.17) is 9.47 Å². The van der Waals surface area contributed by atoms with Gasteiger partial charge >= 0.3 is 5.97 Å². The van der Waals surface area contributed by atoms with Crippen molar-refractivity contribution in [3.63, 3.8) is 0 Å². The maximum atomic E-state index is 12.6. The van der Waals surface area contributed by atoms with Gasteiger partial charge in [0.1, 0.15) is 0 Å². The van der Waals surface area contributed by atoms with Gasteiger partial charge in [0.15, 0.2) is 6.61 Å². The lowest BCUT2D eigenvalue weighted by Gasteiger charge is -2.25. The lowest BCUT2D eigenvalue weighted by atomic mass is 10.1. The Morgan fingerprint density at radius 2 is 1.72 bits per heavy atom. The standard InChI is InChI=1S/C24H26N2O6/c1-16(17-8-5-4-6-9-17)25(2)21(27)15-32-24(30)18-10-11-19-20(14-18)23(29)26(22(19)28)12-7-13-31-3/h4-6,8-11,14,16H,7,12-13,15H2,1-3H3. The molecule has 0 aromatic heterocycles. The van der Waals surface area contributed by atoms with Gasteiger partial charge < -0.3 is 14.4 Å². The van der Waals surface area contributed by atoms with Gasteiger partial charge in [0.25, 0.3) is 17.7 Å². The molecule has 0 radical (unpaired) electrons. The lowest BCUT2D eigenvalue weighted by Crippen LogP contribution is -2.33. The molecule has 1 aliphatic heterocycles. The van der Waals surface area contributed by atoms with Crippen LogP contribution in [0.4, 0.5) is 0 Å². The summed E-state index contributed by atoms with van der Waals surface area (Å²) in [5.74, 6) is -1.94. The first kappa shape index (κ1) is 23.1. The summed E-state index contributed by atoms with van der Waals surface area (Å²) >= 11 is 0. The summed E-state index contributed by atoms with van der Waals surface area (Å²) in [6.45, 7) is 2.12. The molecule has 2 aromatic rings. The number of esters is 1. The van der Waals surface area contributed by atoms with E-state index < -0.39 is 24.4 Å². The first-order valence-electron chi connectivity index (χ1n) is 10.3. The maximum absolute atomic E-state index is 12.6. The number of benzene rings is 2. The molecule has 1 atom stereocenters. The van der Waals surface area contributed by atoms with Crippen molar-refractivity contribution in [2.45, 2.75) is 19.4 Å². The van der Waals surface area contributed by atoms with E-state index in [1.165, 1.54) is 23.1 Å². The van der Waals surface area contributed by atoms with E-state index in [1.807, 2.05) is 37.3 Å². The second-order valence-corrected chi connectivity index (χ2v) is 7.54. The predicted octanol–water partition coefficient (Wildman–Crippen LogP) is 2.70. The molecular weight excluding hydrogens is 412 g/mol. The Morgan fingerprint density at radius 1 is 1.03 bits per heavy atom. The topological polar surface area (TPSA) is 93.2 Å². The van der Waals surface area contributed by atoms with Crippen LogP contribution in [0.15, 0.2) is 48.5 Å². The van der Waals surface area contributed by atoms with Crippen molar-refractivity contribution in [3.05, 3.63) is 70.8 Å². The van der Waals surface area contributed by atoms with Crippen molar-refractivity contribution < 1.29 is 28.7 Å². The SMILES string of the molecule is COCCCN1C(=O)c2ccc(C(=O)OCC(=O)N(C)C(C)c3ccccc3)cc2C1=O. The van der Waals surface area contributed by atoms with Gasteiger partial charge in [-0.15, -0.1) is 0 Å². The summed E-state index contributed by atoms with van der Waals surface area (Å²) in [5.41, 5.74) is 1.47. The average Bonchev–Trinajstić information content (AvgIpc) is 3.06. The molecule has 168 valence electrons. The molecule has 0 spiro atoms. The number of likely N-dealkylation sites (N-methyl/N-ethyl adjacent to an activating group) is 1. The van der Waals surface area contributed by atoms with Crippen molar-refractivity contribution in [2.75, 3.05) is 33.9 Å². The van der Waals surface area contributed by atoms with E-state index in [9.17, 15) is 19.2 Å². The second kappa shape index (κ2) is 10.2. The number of methoxy groups -OCH3 is 1. The summed E-state index contributed by atoms with van der Waals surface area (Å²) < 4.78 is 10.1. The highest BCUT2D eigenvalue weighted by atomic mass is 16.5. The summed E-state index contributed by atoms with van der Waals surface area (Å²) in [6, 6.07) is 13.5. The van der Waals surface area contributed by atoms with Crippen LogP contribution in [0.3, 0.4) is 0 Å². The molecule has 1 unspecified atom stereocenters. The van der Waals surface area contributed by atoms with Crippen LogP contribution < -0.4 is 0 Å². The van der Waals surface area contributed by atoms with Crippen LogP contribution >= 0.6 is 0 Å². The van der Waals surface area contributed by atoms with Crippen molar-refractivity contribution in [1.29, 1.82) is 0 Å². The van der Waals surface area contributed by atoms with Crippen LogP contribution in [0.1, 0.15) is 56.0 Å². The minimum absolute atomic E-state index is 0.107. The molecule has 1 aliphatic rings. The van der Waals surface area contributed by atoms with Gasteiger partial charge in [0.05, 0.1) is 22.7 Å². The zero-order valence-corrected chi connectivity index (χ0v) is 18.4. The van der Waals surface area contributed by atoms with E-state index in [1.54, 1.807) is 14.2 Å². The Kier molecular flexibility index (Phi) is 7.37. The van der Waals surface area contributed by atoms with E-state index in [0.717, 1.165) is 10.5 Å². The quantitative estimate of drug-likeness (QED) is 0.340. The monoisotopic (exact) mass is 438 g/mol. The number of ether oxygens (including phenoxy) is 2.